The second kappa shape index (κ2) is 7.47. The number of likely N-dealkylation sites (N-methyl/N-ethyl adjacent to an activating group) is 1. The van der Waals surface area contributed by atoms with Crippen molar-refractivity contribution in [3.05, 3.63) is 49.6 Å². The monoisotopic (exact) mass is 362 g/mol. The van der Waals surface area contributed by atoms with Crippen LogP contribution >= 0.6 is 46.1 Å². The van der Waals surface area contributed by atoms with Crippen molar-refractivity contribution in [1.82, 2.24) is 4.90 Å². The van der Waals surface area contributed by atoms with Crippen LogP contribution in [-0.4, -0.2) is 24.4 Å². The van der Waals surface area contributed by atoms with Gasteiger partial charge in [-0.15, -0.1) is 11.3 Å². The molecule has 0 atom stereocenters. The molecular formula is C14H13Cl3N2OS. The number of carbonyl (C=O) groups is 1. The Bertz CT molecular complexity index is 645. The molecule has 0 unspecified atom stereocenters. The fraction of sp³-hybridized carbons (Fsp3) is 0.214. The first kappa shape index (κ1) is 16.6. The van der Waals surface area contributed by atoms with Crippen LogP contribution in [0.15, 0.2) is 30.3 Å². The van der Waals surface area contributed by atoms with E-state index in [-0.39, 0.29) is 12.5 Å². The lowest BCUT2D eigenvalue weighted by atomic mass is 10.3. The highest BCUT2D eigenvalue weighted by molar-refractivity contribution is 7.16. The molecule has 1 N–H and O–H groups in total. The van der Waals surface area contributed by atoms with Gasteiger partial charge in [0.2, 0.25) is 5.91 Å². The van der Waals surface area contributed by atoms with Crippen LogP contribution in [0.1, 0.15) is 4.88 Å². The summed E-state index contributed by atoms with van der Waals surface area (Å²) >= 11 is 19.3. The maximum atomic E-state index is 12.0. The first-order valence-corrected chi connectivity index (χ1v) is 8.07. The Kier molecular flexibility index (Phi) is 5.90. The van der Waals surface area contributed by atoms with Gasteiger partial charge in [0.15, 0.2) is 0 Å². The summed E-state index contributed by atoms with van der Waals surface area (Å²) in [5.41, 5.74) is 0.515. The first-order chi connectivity index (χ1) is 9.95. The van der Waals surface area contributed by atoms with Crippen LogP contribution in [-0.2, 0) is 11.3 Å². The molecule has 1 amide bonds. The van der Waals surface area contributed by atoms with E-state index in [0.29, 0.717) is 22.3 Å². The van der Waals surface area contributed by atoms with Gasteiger partial charge in [-0.05, 0) is 31.3 Å². The Morgan fingerprint density at radius 3 is 2.67 bits per heavy atom. The minimum Gasteiger partial charge on any atom is -0.324 e. The zero-order valence-electron chi connectivity index (χ0n) is 11.2. The van der Waals surface area contributed by atoms with E-state index in [1.54, 1.807) is 18.2 Å². The van der Waals surface area contributed by atoms with Crippen molar-refractivity contribution in [2.45, 2.75) is 6.54 Å². The number of anilines is 1. The van der Waals surface area contributed by atoms with Crippen molar-refractivity contribution >= 4 is 57.7 Å². The van der Waals surface area contributed by atoms with Gasteiger partial charge >= 0.3 is 0 Å². The molecule has 1 heterocycles. The first-order valence-electron chi connectivity index (χ1n) is 6.12. The highest BCUT2D eigenvalue weighted by Gasteiger charge is 2.11. The lowest BCUT2D eigenvalue weighted by molar-refractivity contribution is -0.117. The molecule has 1 aromatic carbocycles. The largest absolute Gasteiger partial charge is 0.324 e. The van der Waals surface area contributed by atoms with E-state index in [1.165, 1.54) is 11.3 Å². The van der Waals surface area contributed by atoms with Crippen LogP contribution in [0.3, 0.4) is 0 Å². The third-order valence-electron chi connectivity index (χ3n) is 2.69. The molecule has 0 aliphatic heterocycles. The van der Waals surface area contributed by atoms with Gasteiger partial charge in [0.25, 0.3) is 0 Å². The number of nitrogens with zero attached hydrogens (tertiary/aromatic N) is 1. The van der Waals surface area contributed by atoms with Crippen molar-refractivity contribution in [2.24, 2.45) is 0 Å². The molecule has 21 heavy (non-hydrogen) atoms. The number of rotatable bonds is 5. The highest BCUT2D eigenvalue weighted by atomic mass is 35.5. The van der Waals surface area contributed by atoms with E-state index in [0.717, 1.165) is 9.21 Å². The Morgan fingerprint density at radius 2 is 2.00 bits per heavy atom. The van der Waals surface area contributed by atoms with Crippen molar-refractivity contribution < 1.29 is 4.79 Å². The third kappa shape index (κ3) is 4.87. The summed E-state index contributed by atoms with van der Waals surface area (Å²) in [6, 6.07) is 8.93. The summed E-state index contributed by atoms with van der Waals surface area (Å²) < 4.78 is 0.744. The maximum absolute atomic E-state index is 12.0. The molecular weight excluding hydrogens is 351 g/mol. The summed E-state index contributed by atoms with van der Waals surface area (Å²) in [5, 5.41) is 3.51. The fourth-order valence-electron chi connectivity index (χ4n) is 1.79. The number of thiophene rings is 1. The molecule has 7 heteroatoms. The van der Waals surface area contributed by atoms with Gasteiger partial charge in [-0.25, -0.2) is 0 Å². The van der Waals surface area contributed by atoms with Gasteiger partial charge in [-0.1, -0.05) is 40.9 Å². The molecule has 0 saturated carbocycles. The smallest absolute Gasteiger partial charge is 0.238 e. The Morgan fingerprint density at radius 1 is 1.24 bits per heavy atom. The standard InChI is InChI=1S/C14H13Cl3N2OS/c1-19(7-9-5-6-12(16)21-9)8-13(20)18-11-4-2-3-10(15)14(11)17/h2-6H,7-8H2,1H3,(H,18,20). The van der Waals surface area contributed by atoms with Gasteiger partial charge in [-0.2, -0.15) is 0 Å². The predicted octanol–water partition coefficient (Wildman–Crippen LogP) is 4.78. The zero-order chi connectivity index (χ0) is 15.4. The van der Waals surface area contributed by atoms with E-state index in [9.17, 15) is 4.79 Å². The Labute approximate surface area is 142 Å². The molecule has 2 aromatic rings. The predicted molar refractivity (Wildman–Crippen MR) is 90.8 cm³/mol. The molecule has 0 radical (unpaired) electrons. The number of hydrogen-bond donors (Lipinski definition) is 1. The zero-order valence-corrected chi connectivity index (χ0v) is 14.3. The van der Waals surface area contributed by atoms with Gasteiger partial charge < -0.3 is 5.32 Å². The molecule has 0 bridgehead atoms. The molecule has 0 fully saturated rings. The minimum atomic E-state index is -0.149. The van der Waals surface area contributed by atoms with E-state index >= 15 is 0 Å². The van der Waals surface area contributed by atoms with E-state index in [4.69, 9.17) is 34.8 Å². The van der Waals surface area contributed by atoms with Gasteiger partial charge in [0.1, 0.15) is 0 Å². The Balaban J connectivity index is 1.90. The third-order valence-corrected chi connectivity index (χ3v) is 4.73. The molecule has 1 aromatic heterocycles. The maximum Gasteiger partial charge on any atom is 0.238 e. The summed E-state index contributed by atoms with van der Waals surface area (Å²) in [6.45, 7) is 0.909. The second-order valence-electron chi connectivity index (χ2n) is 4.53. The van der Waals surface area contributed by atoms with Gasteiger partial charge in [0.05, 0.1) is 26.6 Å². The second-order valence-corrected chi connectivity index (χ2v) is 7.11. The van der Waals surface area contributed by atoms with Crippen LogP contribution < -0.4 is 5.32 Å². The molecule has 3 nitrogen and oxygen atoms in total. The van der Waals surface area contributed by atoms with Crippen molar-refractivity contribution in [3.63, 3.8) is 0 Å². The highest BCUT2D eigenvalue weighted by Crippen LogP contribution is 2.29. The minimum absolute atomic E-state index is 0.149. The molecule has 0 spiro atoms. The molecule has 2 rings (SSSR count). The number of benzene rings is 1. The number of amides is 1. The van der Waals surface area contributed by atoms with Gasteiger partial charge in [0, 0.05) is 11.4 Å². The SMILES string of the molecule is CN(CC(=O)Nc1cccc(Cl)c1Cl)Cc1ccc(Cl)s1. The summed E-state index contributed by atoms with van der Waals surface area (Å²) in [6.07, 6.45) is 0. The summed E-state index contributed by atoms with van der Waals surface area (Å²) in [4.78, 5) is 15.0. The Hall–Kier alpha value is -0.780. The van der Waals surface area contributed by atoms with Crippen molar-refractivity contribution in [3.8, 4) is 0 Å². The van der Waals surface area contributed by atoms with E-state index in [2.05, 4.69) is 5.32 Å². The van der Waals surface area contributed by atoms with Crippen LogP contribution in [0.5, 0.6) is 0 Å². The lowest BCUT2D eigenvalue weighted by Gasteiger charge is -2.15. The average Bonchev–Trinajstić information content (AvgIpc) is 2.80. The average molecular weight is 364 g/mol. The fourth-order valence-corrected chi connectivity index (χ4v) is 3.31. The molecule has 0 saturated heterocycles. The summed E-state index contributed by atoms with van der Waals surface area (Å²) in [7, 11) is 1.87. The quantitative estimate of drug-likeness (QED) is 0.829. The van der Waals surface area contributed by atoms with Crippen molar-refractivity contribution in [2.75, 3.05) is 18.9 Å². The number of carbonyl (C=O) groups excluding carboxylic acids is 1. The molecule has 112 valence electrons. The van der Waals surface area contributed by atoms with Gasteiger partial charge in [-0.3, -0.25) is 9.69 Å². The van der Waals surface area contributed by atoms with Crippen LogP contribution in [0.4, 0.5) is 5.69 Å². The summed E-state index contributed by atoms with van der Waals surface area (Å²) in [5.74, 6) is -0.149. The number of halogens is 3. The van der Waals surface area contributed by atoms with Crippen LogP contribution in [0, 0.1) is 0 Å². The van der Waals surface area contributed by atoms with E-state index < -0.39 is 0 Å². The number of nitrogens with one attached hydrogen (secondary N) is 1. The molecule has 0 aliphatic rings. The van der Waals surface area contributed by atoms with Crippen LogP contribution in [0.2, 0.25) is 14.4 Å². The van der Waals surface area contributed by atoms with Crippen LogP contribution in [0.25, 0.3) is 0 Å². The van der Waals surface area contributed by atoms with E-state index in [1.807, 2.05) is 24.1 Å². The lowest BCUT2D eigenvalue weighted by Crippen LogP contribution is -2.29. The normalized spacial score (nSPS) is 10.9. The topological polar surface area (TPSA) is 32.3 Å². The van der Waals surface area contributed by atoms with Crippen molar-refractivity contribution in [1.29, 1.82) is 0 Å². The molecule has 0 aliphatic carbocycles. The number of hydrogen-bond acceptors (Lipinski definition) is 3.